The third-order valence-corrected chi connectivity index (χ3v) is 6.57. The summed E-state index contributed by atoms with van der Waals surface area (Å²) >= 11 is 0. The minimum atomic E-state index is -0.493. The monoisotopic (exact) mass is 499 g/mol. The quantitative estimate of drug-likeness (QED) is 0.101. The summed E-state index contributed by atoms with van der Waals surface area (Å²) in [6, 6.07) is 22.3. The molecule has 0 bridgehead atoms. The van der Waals surface area contributed by atoms with Gasteiger partial charge in [-0.2, -0.15) is 0 Å². The normalized spacial score (nSPS) is 11.6. The molecule has 0 spiro atoms. The fraction of sp³-hybridized carbons (Fsp3) is 0.259. The van der Waals surface area contributed by atoms with Gasteiger partial charge in [0.1, 0.15) is 0 Å². The number of anilines is 1. The van der Waals surface area contributed by atoms with Gasteiger partial charge in [0.25, 0.3) is 0 Å². The Labute approximate surface area is 213 Å². The second kappa shape index (κ2) is 11.3. The number of nitrogens with zero attached hydrogens (tertiary/aromatic N) is 4. The predicted molar refractivity (Wildman–Crippen MR) is 146 cm³/mol. The van der Waals surface area contributed by atoms with Crippen LogP contribution in [-0.4, -0.2) is 59.4 Å². The summed E-state index contributed by atoms with van der Waals surface area (Å²) in [6.07, 6.45) is 0. The van der Waals surface area contributed by atoms with Gasteiger partial charge in [0, 0.05) is 51.9 Å². The number of benzene rings is 4. The molecule has 0 radical (unpaired) electrons. The maximum Gasteiger partial charge on any atom is 0.300 e. The summed E-state index contributed by atoms with van der Waals surface area (Å²) in [5.41, 5.74) is 8.18. The van der Waals surface area contributed by atoms with E-state index in [-0.39, 0.29) is 11.2 Å². The molecule has 10 nitrogen and oxygen atoms in total. The van der Waals surface area contributed by atoms with Crippen LogP contribution in [0.4, 0.5) is 11.4 Å². The van der Waals surface area contributed by atoms with Crippen molar-refractivity contribution in [3.63, 3.8) is 0 Å². The van der Waals surface area contributed by atoms with Crippen LogP contribution in [0.1, 0.15) is 5.56 Å². The Morgan fingerprint density at radius 1 is 0.892 bits per heavy atom. The van der Waals surface area contributed by atoms with Gasteiger partial charge in [-0.25, -0.2) is 4.63 Å². The van der Waals surface area contributed by atoms with Gasteiger partial charge in [0.15, 0.2) is 5.52 Å². The molecule has 0 saturated heterocycles. The molecular formula is C27H29N7O3. The maximum absolute atomic E-state index is 11.2. The van der Waals surface area contributed by atoms with E-state index in [0.29, 0.717) is 24.3 Å². The molecule has 4 aromatic carbocycles. The highest BCUT2D eigenvalue weighted by atomic mass is 16.6. The Bertz CT molecular complexity index is 1480. The molecule has 0 amide bonds. The van der Waals surface area contributed by atoms with E-state index >= 15 is 0 Å². The van der Waals surface area contributed by atoms with E-state index in [1.165, 1.54) is 33.2 Å². The molecule has 0 aliphatic carbocycles. The number of nitrogens with one attached hydrogen (secondary N) is 2. The molecule has 0 fully saturated rings. The minimum absolute atomic E-state index is 0.128. The van der Waals surface area contributed by atoms with Gasteiger partial charge in [0.2, 0.25) is 5.52 Å². The van der Waals surface area contributed by atoms with Gasteiger partial charge in [-0.1, -0.05) is 48.5 Å². The lowest BCUT2D eigenvalue weighted by Gasteiger charge is -2.22. The van der Waals surface area contributed by atoms with Crippen LogP contribution in [0.2, 0.25) is 0 Å². The van der Waals surface area contributed by atoms with E-state index in [9.17, 15) is 10.1 Å². The van der Waals surface area contributed by atoms with Crippen molar-refractivity contribution in [2.75, 3.05) is 44.6 Å². The highest BCUT2D eigenvalue weighted by molar-refractivity contribution is 6.02. The van der Waals surface area contributed by atoms with E-state index in [2.05, 4.69) is 80.4 Å². The highest BCUT2D eigenvalue weighted by Crippen LogP contribution is 2.29. The van der Waals surface area contributed by atoms with Crippen LogP contribution < -0.4 is 16.4 Å². The summed E-state index contributed by atoms with van der Waals surface area (Å²) in [5.74, 6) is 0. The van der Waals surface area contributed by atoms with Crippen LogP contribution in [0.15, 0.2) is 71.4 Å². The molecule has 5 aromatic rings. The zero-order chi connectivity index (χ0) is 25.6. The molecule has 1 heterocycles. The molecule has 0 aliphatic heterocycles. The summed E-state index contributed by atoms with van der Waals surface area (Å²) in [5, 5.41) is 30.7. The first kappa shape index (κ1) is 24.6. The lowest BCUT2D eigenvalue weighted by Crippen LogP contribution is -2.38. The van der Waals surface area contributed by atoms with Gasteiger partial charge < -0.3 is 16.4 Å². The van der Waals surface area contributed by atoms with E-state index in [4.69, 9.17) is 10.4 Å². The van der Waals surface area contributed by atoms with Crippen molar-refractivity contribution in [2.45, 2.75) is 6.54 Å². The molecule has 0 unspecified atom stereocenters. The molecule has 10 heteroatoms. The number of nitro groups is 1. The van der Waals surface area contributed by atoms with Crippen molar-refractivity contribution >= 4 is 44.0 Å². The SMILES string of the molecule is NCCN(CCNCc1c2ccccc2cc2ccccc12)CCNc1ccc([N+](=O)[O-])c2nonc12. The molecule has 0 atom stereocenters. The third-order valence-electron chi connectivity index (χ3n) is 6.57. The Morgan fingerprint density at radius 3 is 2.27 bits per heavy atom. The molecule has 37 heavy (non-hydrogen) atoms. The first-order chi connectivity index (χ1) is 18.2. The standard InChI is InChI=1S/C27H29N7O3/c28-11-14-33(16-13-30-24-9-10-25(34(35)36)27-26(24)31-37-32-27)15-12-29-18-23-21-7-3-1-5-19(21)17-20-6-2-4-8-22(20)23/h1-10,17,29-30H,11-16,18,28H2. The van der Waals surface area contributed by atoms with Gasteiger partial charge in [-0.15, -0.1) is 0 Å². The van der Waals surface area contributed by atoms with Crippen molar-refractivity contribution in [2.24, 2.45) is 5.73 Å². The average molecular weight is 500 g/mol. The molecule has 0 aliphatic rings. The van der Waals surface area contributed by atoms with Crippen molar-refractivity contribution < 1.29 is 9.55 Å². The van der Waals surface area contributed by atoms with Gasteiger partial charge in [-0.3, -0.25) is 15.0 Å². The molecule has 1 aromatic heterocycles. The van der Waals surface area contributed by atoms with E-state index in [1.54, 1.807) is 6.07 Å². The summed E-state index contributed by atoms with van der Waals surface area (Å²) < 4.78 is 4.74. The smallest absolute Gasteiger partial charge is 0.300 e. The number of aromatic nitrogens is 2. The first-order valence-corrected chi connectivity index (χ1v) is 12.3. The number of nitro benzene ring substituents is 1. The molecule has 5 rings (SSSR count). The van der Waals surface area contributed by atoms with Gasteiger partial charge >= 0.3 is 5.69 Å². The predicted octanol–water partition coefficient (Wildman–Crippen LogP) is 3.90. The molecule has 190 valence electrons. The zero-order valence-corrected chi connectivity index (χ0v) is 20.4. The van der Waals surface area contributed by atoms with Crippen LogP contribution in [0.3, 0.4) is 0 Å². The van der Waals surface area contributed by atoms with E-state index in [0.717, 1.165) is 32.7 Å². The number of rotatable bonds is 12. The Hall–Kier alpha value is -4.12. The zero-order valence-electron chi connectivity index (χ0n) is 20.4. The summed E-state index contributed by atoms with van der Waals surface area (Å²) in [7, 11) is 0. The maximum atomic E-state index is 11.2. The fourth-order valence-electron chi connectivity index (χ4n) is 4.76. The highest BCUT2D eigenvalue weighted by Gasteiger charge is 2.19. The van der Waals surface area contributed by atoms with Crippen LogP contribution in [0, 0.1) is 10.1 Å². The first-order valence-electron chi connectivity index (χ1n) is 12.3. The average Bonchev–Trinajstić information content (AvgIpc) is 3.40. The summed E-state index contributed by atoms with van der Waals surface area (Å²) in [6.45, 7) is 5.12. The van der Waals surface area contributed by atoms with Crippen LogP contribution in [-0.2, 0) is 6.54 Å². The second-order valence-corrected chi connectivity index (χ2v) is 8.88. The fourth-order valence-corrected chi connectivity index (χ4v) is 4.76. The Balaban J connectivity index is 1.19. The van der Waals surface area contributed by atoms with Crippen LogP contribution >= 0.6 is 0 Å². The Kier molecular flexibility index (Phi) is 7.50. The molecule has 4 N–H and O–H groups in total. The molecular weight excluding hydrogens is 470 g/mol. The lowest BCUT2D eigenvalue weighted by atomic mass is 9.97. The van der Waals surface area contributed by atoms with E-state index < -0.39 is 4.92 Å². The van der Waals surface area contributed by atoms with Crippen LogP contribution in [0.5, 0.6) is 0 Å². The Morgan fingerprint density at radius 2 is 1.57 bits per heavy atom. The number of fused-ring (bicyclic) bond motifs is 3. The van der Waals surface area contributed by atoms with Crippen LogP contribution in [0.25, 0.3) is 32.6 Å². The number of non-ortho nitro benzene ring substituents is 1. The number of nitrogens with two attached hydrogens (primary N) is 1. The minimum Gasteiger partial charge on any atom is -0.382 e. The van der Waals surface area contributed by atoms with Crippen molar-refractivity contribution in [1.29, 1.82) is 0 Å². The lowest BCUT2D eigenvalue weighted by molar-refractivity contribution is -0.383. The van der Waals surface area contributed by atoms with Crippen molar-refractivity contribution in [1.82, 2.24) is 20.5 Å². The topological polar surface area (TPSA) is 135 Å². The number of hydrogen-bond donors (Lipinski definition) is 3. The third kappa shape index (κ3) is 5.36. The van der Waals surface area contributed by atoms with Crippen molar-refractivity contribution in [3.05, 3.63) is 82.4 Å². The van der Waals surface area contributed by atoms with Crippen molar-refractivity contribution in [3.8, 4) is 0 Å². The number of hydrogen-bond acceptors (Lipinski definition) is 9. The van der Waals surface area contributed by atoms with Gasteiger partial charge in [0.05, 0.1) is 10.6 Å². The molecule has 0 saturated carbocycles. The second-order valence-electron chi connectivity index (χ2n) is 8.88. The van der Waals surface area contributed by atoms with Gasteiger partial charge in [-0.05, 0) is 49.6 Å². The largest absolute Gasteiger partial charge is 0.382 e. The summed E-state index contributed by atoms with van der Waals surface area (Å²) in [4.78, 5) is 13.0. The van der Waals surface area contributed by atoms with E-state index in [1.807, 2.05) is 0 Å².